The zero-order chi connectivity index (χ0) is 15.5. The highest BCUT2D eigenvalue weighted by Gasteiger charge is 2.46. The lowest BCUT2D eigenvalue weighted by Crippen LogP contribution is -2.43. The third-order valence-corrected chi connectivity index (χ3v) is 3.77. The molecule has 1 saturated heterocycles. The number of Topliss-reactive ketones (excluding diaryl/α,β-unsaturated/α-hetero) is 1. The number of methoxy groups -OCH3 is 1. The number of ether oxygens (including phenoxy) is 1. The maximum atomic E-state index is 12.4. The number of nitrogens with zero attached hydrogens (tertiary/aromatic N) is 1. The van der Waals surface area contributed by atoms with Gasteiger partial charge in [0.15, 0.2) is 0 Å². The summed E-state index contributed by atoms with van der Waals surface area (Å²) in [5, 5.41) is 0. The first-order valence-electron chi connectivity index (χ1n) is 6.60. The lowest BCUT2D eigenvalue weighted by atomic mass is 9.91. The van der Waals surface area contributed by atoms with Gasteiger partial charge in [-0.05, 0) is 18.8 Å². The number of amides is 1. The van der Waals surface area contributed by atoms with E-state index < -0.39 is 24.3 Å². The monoisotopic (exact) mass is 295 g/mol. The molecule has 0 aromatic rings. The standard InChI is InChI=1S/C13H20F3NO3/c1-4-11-9(6-12(19)13(14,15)16)5-10(7-20-3)17(11)8(2)18/h9-11H,4-7H2,1-3H3/t9-,10+,11+/m1/s1. The predicted molar refractivity (Wildman–Crippen MR) is 66.0 cm³/mol. The summed E-state index contributed by atoms with van der Waals surface area (Å²) >= 11 is 0. The summed E-state index contributed by atoms with van der Waals surface area (Å²) in [6.45, 7) is 3.47. The van der Waals surface area contributed by atoms with Crippen molar-refractivity contribution in [3.8, 4) is 0 Å². The van der Waals surface area contributed by atoms with Crippen LogP contribution in [0, 0.1) is 5.92 Å². The van der Waals surface area contributed by atoms with Crippen LogP contribution in [0.3, 0.4) is 0 Å². The van der Waals surface area contributed by atoms with Gasteiger partial charge in [-0.1, -0.05) is 6.92 Å². The molecule has 3 atom stereocenters. The molecule has 20 heavy (non-hydrogen) atoms. The maximum absolute atomic E-state index is 12.4. The first-order valence-corrected chi connectivity index (χ1v) is 6.60. The van der Waals surface area contributed by atoms with E-state index in [2.05, 4.69) is 0 Å². The van der Waals surface area contributed by atoms with Crippen molar-refractivity contribution in [1.82, 2.24) is 4.90 Å². The number of rotatable bonds is 5. The van der Waals surface area contributed by atoms with Crippen molar-refractivity contribution in [3.05, 3.63) is 0 Å². The number of hydrogen-bond donors (Lipinski definition) is 0. The minimum Gasteiger partial charge on any atom is -0.383 e. The number of carbonyl (C=O) groups excluding carboxylic acids is 2. The van der Waals surface area contributed by atoms with Crippen LogP contribution in [0.4, 0.5) is 13.2 Å². The molecule has 1 aliphatic heterocycles. The Hall–Kier alpha value is -1.11. The van der Waals surface area contributed by atoms with Crippen LogP contribution in [-0.4, -0.2) is 48.6 Å². The van der Waals surface area contributed by atoms with Gasteiger partial charge in [-0.25, -0.2) is 0 Å². The zero-order valence-electron chi connectivity index (χ0n) is 11.9. The normalized spacial score (nSPS) is 26.9. The van der Waals surface area contributed by atoms with Crippen molar-refractivity contribution in [2.45, 2.75) is 51.4 Å². The molecule has 1 rings (SSSR count). The second-order valence-electron chi connectivity index (χ2n) is 5.13. The Bertz CT molecular complexity index is 370. The number of alkyl halides is 3. The summed E-state index contributed by atoms with van der Waals surface area (Å²) in [4.78, 5) is 24.4. The van der Waals surface area contributed by atoms with Crippen LogP contribution in [0.2, 0.25) is 0 Å². The summed E-state index contributed by atoms with van der Waals surface area (Å²) in [7, 11) is 1.48. The molecule has 0 aliphatic carbocycles. The minimum absolute atomic E-state index is 0.194. The maximum Gasteiger partial charge on any atom is 0.449 e. The minimum atomic E-state index is -4.81. The largest absolute Gasteiger partial charge is 0.449 e. The molecular formula is C13H20F3NO3. The van der Waals surface area contributed by atoms with Gasteiger partial charge in [0.05, 0.1) is 12.6 Å². The van der Waals surface area contributed by atoms with Gasteiger partial charge < -0.3 is 9.64 Å². The van der Waals surface area contributed by atoms with Crippen molar-refractivity contribution < 1.29 is 27.5 Å². The van der Waals surface area contributed by atoms with E-state index in [-0.39, 0.29) is 24.6 Å². The molecular weight excluding hydrogens is 275 g/mol. The van der Waals surface area contributed by atoms with Crippen LogP contribution in [-0.2, 0) is 14.3 Å². The molecule has 0 unspecified atom stereocenters. The fourth-order valence-corrected chi connectivity index (χ4v) is 3.05. The van der Waals surface area contributed by atoms with Gasteiger partial charge in [0.25, 0.3) is 0 Å². The first-order chi connectivity index (χ1) is 9.22. The molecule has 4 nitrogen and oxygen atoms in total. The molecule has 0 spiro atoms. The number of ketones is 1. The van der Waals surface area contributed by atoms with Crippen molar-refractivity contribution in [3.63, 3.8) is 0 Å². The third-order valence-electron chi connectivity index (χ3n) is 3.77. The number of likely N-dealkylation sites (tertiary alicyclic amines) is 1. The summed E-state index contributed by atoms with van der Waals surface area (Å²) < 4.78 is 42.2. The highest BCUT2D eigenvalue weighted by atomic mass is 19.4. The number of carbonyl (C=O) groups is 2. The van der Waals surface area contributed by atoms with E-state index in [1.54, 1.807) is 11.8 Å². The van der Waals surface area contributed by atoms with E-state index in [0.717, 1.165) is 0 Å². The van der Waals surface area contributed by atoms with Gasteiger partial charge in [0.1, 0.15) is 0 Å². The highest BCUT2D eigenvalue weighted by molar-refractivity contribution is 5.84. The van der Waals surface area contributed by atoms with E-state index in [1.807, 2.05) is 0 Å². The van der Waals surface area contributed by atoms with Gasteiger partial charge in [-0.3, -0.25) is 9.59 Å². The smallest absolute Gasteiger partial charge is 0.383 e. The Kier molecular flexibility index (Phi) is 5.56. The van der Waals surface area contributed by atoms with Gasteiger partial charge in [-0.2, -0.15) is 13.2 Å². The predicted octanol–water partition coefficient (Wildman–Crippen LogP) is 2.17. The molecule has 116 valence electrons. The molecule has 1 aliphatic rings. The second-order valence-corrected chi connectivity index (χ2v) is 5.13. The lowest BCUT2D eigenvalue weighted by molar-refractivity contribution is -0.172. The number of hydrogen-bond acceptors (Lipinski definition) is 3. The molecule has 0 aromatic heterocycles. The van der Waals surface area contributed by atoms with Crippen molar-refractivity contribution in [2.75, 3.05) is 13.7 Å². The fourth-order valence-electron chi connectivity index (χ4n) is 3.05. The highest BCUT2D eigenvalue weighted by Crippen LogP contribution is 2.36. The molecule has 0 N–H and O–H groups in total. The Labute approximate surface area is 116 Å². The average Bonchev–Trinajstić information content (AvgIpc) is 2.66. The zero-order valence-corrected chi connectivity index (χ0v) is 11.9. The van der Waals surface area contributed by atoms with Crippen LogP contribution in [0.15, 0.2) is 0 Å². The molecule has 0 radical (unpaired) electrons. The van der Waals surface area contributed by atoms with Crippen LogP contribution < -0.4 is 0 Å². The molecule has 1 heterocycles. The van der Waals surface area contributed by atoms with Gasteiger partial charge in [0.2, 0.25) is 11.7 Å². The van der Waals surface area contributed by atoms with E-state index in [4.69, 9.17) is 4.74 Å². The summed E-state index contributed by atoms with van der Waals surface area (Å²) in [5.74, 6) is -2.37. The lowest BCUT2D eigenvalue weighted by Gasteiger charge is -2.29. The first kappa shape index (κ1) is 16.9. The molecule has 0 saturated carbocycles. The van der Waals surface area contributed by atoms with Crippen LogP contribution >= 0.6 is 0 Å². The quantitative estimate of drug-likeness (QED) is 0.781. The van der Waals surface area contributed by atoms with Crippen LogP contribution in [0.5, 0.6) is 0 Å². The van der Waals surface area contributed by atoms with E-state index >= 15 is 0 Å². The average molecular weight is 295 g/mol. The van der Waals surface area contributed by atoms with Crippen molar-refractivity contribution >= 4 is 11.7 Å². The molecule has 1 fully saturated rings. The van der Waals surface area contributed by atoms with Crippen molar-refractivity contribution in [2.24, 2.45) is 5.92 Å². The van der Waals surface area contributed by atoms with E-state index in [1.165, 1.54) is 14.0 Å². The van der Waals surface area contributed by atoms with Gasteiger partial charge >= 0.3 is 6.18 Å². The fraction of sp³-hybridized carbons (Fsp3) is 0.846. The van der Waals surface area contributed by atoms with Crippen LogP contribution in [0.25, 0.3) is 0 Å². The second kappa shape index (κ2) is 6.56. The Morgan fingerprint density at radius 3 is 2.35 bits per heavy atom. The third kappa shape index (κ3) is 3.71. The van der Waals surface area contributed by atoms with Gasteiger partial charge in [-0.15, -0.1) is 0 Å². The van der Waals surface area contributed by atoms with E-state index in [9.17, 15) is 22.8 Å². The Morgan fingerprint density at radius 1 is 1.35 bits per heavy atom. The van der Waals surface area contributed by atoms with Gasteiger partial charge in [0, 0.05) is 26.5 Å². The van der Waals surface area contributed by atoms with Crippen LogP contribution in [0.1, 0.15) is 33.1 Å². The molecule has 0 bridgehead atoms. The summed E-state index contributed by atoms with van der Waals surface area (Å²) in [6, 6.07) is -0.590. The molecule has 1 amide bonds. The van der Waals surface area contributed by atoms with Crippen molar-refractivity contribution in [1.29, 1.82) is 0 Å². The Morgan fingerprint density at radius 2 is 1.95 bits per heavy atom. The number of halogens is 3. The molecule has 7 heteroatoms. The molecule has 0 aromatic carbocycles. The van der Waals surface area contributed by atoms with E-state index in [0.29, 0.717) is 12.8 Å². The summed E-state index contributed by atoms with van der Waals surface area (Å²) in [5.41, 5.74) is 0. The summed E-state index contributed by atoms with van der Waals surface area (Å²) in [6.07, 6.45) is -4.48. The SMILES string of the molecule is CC[C@H]1[C@@H](CC(=O)C(F)(F)F)C[C@@H](COC)N1C(C)=O. The Balaban J connectivity index is 2.86. The topological polar surface area (TPSA) is 46.6 Å².